The van der Waals surface area contributed by atoms with Crippen molar-refractivity contribution < 1.29 is 23.9 Å². The maximum absolute atomic E-state index is 8.58. The summed E-state index contributed by atoms with van der Waals surface area (Å²) in [6.45, 7) is 13.4. The van der Waals surface area contributed by atoms with Crippen LogP contribution < -0.4 is 21.5 Å². The van der Waals surface area contributed by atoms with E-state index in [0.717, 1.165) is 75.4 Å². The standard InChI is InChI=1S/C32H46N4O3.CH3NO.CH2O/c1-4-7-24(2)36-22-29-18-31(12-13-32(29)25(3)39-36)38-16-6-5-15-34-20-26(19-33)21-35-30-10-8-27(9-11-30)28-14-17-37-23-28;2-1-3;1-2/h8-13,18-19,21,24-25,28,34H,4-7,14-17,20,22-23,33H2,1-3H3;1H,(H2,2,3);1H2/b26-19-,35-21?;;/t24?,25?,28-;;/m1../s1. The van der Waals surface area contributed by atoms with Gasteiger partial charge in [-0.25, -0.2) is 0 Å². The van der Waals surface area contributed by atoms with E-state index in [1.54, 1.807) is 6.20 Å². The van der Waals surface area contributed by atoms with Gasteiger partial charge in [-0.3, -0.25) is 14.6 Å². The van der Waals surface area contributed by atoms with Gasteiger partial charge >= 0.3 is 0 Å². The number of rotatable bonds is 14. The Balaban J connectivity index is 0.00000127. The predicted molar refractivity (Wildman–Crippen MR) is 176 cm³/mol. The molecule has 2 aliphatic rings. The van der Waals surface area contributed by atoms with Crippen LogP contribution in [-0.2, 0) is 25.7 Å². The molecule has 4 rings (SSSR count). The Morgan fingerprint density at radius 3 is 2.61 bits per heavy atom. The number of carbonyl (C=O) groups is 2. The molecule has 1 fully saturated rings. The third kappa shape index (κ3) is 12.2. The number of nitrogens with two attached hydrogens (primary N) is 2. The average Bonchev–Trinajstić information content (AvgIpc) is 3.59. The van der Waals surface area contributed by atoms with Crippen molar-refractivity contribution in [3.05, 3.63) is 70.9 Å². The van der Waals surface area contributed by atoms with E-state index in [4.69, 9.17) is 29.6 Å². The van der Waals surface area contributed by atoms with Gasteiger partial charge in [0.15, 0.2) is 0 Å². The van der Waals surface area contributed by atoms with E-state index in [2.05, 4.69) is 84.3 Å². The van der Waals surface area contributed by atoms with Gasteiger partial charge < -0.3 is 31.1 Å². The van der Waals surface area contributed by atoms with Gasteiger partial charge in [0.1, 0.15) is 18.6 Å². The molecule has 2 aromatic rings. The van der Waals surface area contributed by atoms with Crippen LogP contribution >= 0.6 is 0 Å². The summed E-state index contributed by atoms with van der Waals surface area (Å²) >= 11 is 0. The van der Waals surface area contributed by atoms with Gasteiger partial charge in [0.25, 0.3) is 0 Å². The molecule has 10 nitrogen and oxygen atoms in total. The summed E-state index contributed by atoms with van der Waals surface area (Å²) in [6, 6.07) is 15.2. The Kier molecular flexibility index (Phi) is 17.6. The van der Waals surface area contributed by atoms with Crippen LogP contribution in [0.1, 0.15) is 81.6 Å². The smallest absolute Gasteiger partial charge is 0.204 e. The number of primary amides is 1. The van der Waals surface area contributed by atoms with Crippen molar-refractivity contribution in [2.24, 2.45) is 16.5 Å². The van der Waals surface area contributed by atoms with Crippen molar-refractivity contribution >= 4 is 25.1 Å². The lowest BCUT2D eigenvalue weighted by molar-refractivity contribution is -0.234. The molecule has 0 radical (unpaired) electrons. The van der Waals surface area contributed by atoms with Gasteiger partial charge in [-0.2, -0.15) is 5.06 Å². The molecule has 0 saturated carbocycles. The number of nitrogens with zero attached hydrogens (tertiary/aromatic N) is 2. The van der Waals surface area contributed by atoms with Crippen LogP contribution in [0.15, 0.2) is 59.2 Å². The molecule has 0 aliphatic carbocycles. The van der Waals surface area contributed by atoms with Gasteiger partial charge in [0.2, 0.25) is 6.41 Å². The summed E-state index contributed by atoms with van der Waals surface area (Å²) < 4.78 is 11.6. The number of ether oxygens (including phenoxy) is 2. The first-order valence-electron chi connectivity index (χ1n) is 15.5. The summed E-state index contributed by atoms with van der Waals surface area (Å²) in [5.74, 6) is 1.45. The molecular weight excluding hydrogens is 558 g/mol. The summed E-state index contributed by atoms with van der Waals surface area (Å²) in [5, 5.41) is 5.59. The molecule has 2 aromatic carbocycles. The van der Waals surface area contributed by atoms with Crippen LogP contribution in [0.2, 0.25) is 0 Å². The Morgan fingerprint density at radius 1 is 1.20 bits per heavy atom. The number of aliphatic imine (C=N–C) groups is 1. The van der Waals surface area contributed by atoms with Crippen molar-refractivity contribution in [3.8, 4) is 5.75 Å². The molecule has 2 unspecified atom stereocenters. The molecule has 1 amide bonds. The molecule has 2 heterocycles. The topological polar surface area (TPSA) is 142 Å². The van der Waals surface area contributed by atoms with Crippen molar-refractivity contribution in [2.75, 3.05) is 32.9 Å². The van der Waals surface area contributed by atoms with Gasteiger partial charge in [-0.15, -0.1) is 0 Å². The molecule has 1 saturated heterocycles. The van der Waals surface area contributed by atoms with Crippen molar-refractivity contribution in [1.29, 1.82) is 0 Å². The Labute approximate surface area is 262 Å². The number of carbonyl (C=O) groups excluding carboxylic acids is 2. The maximum Gasteiger partial charge on any atom is 0.204 e. The van der Waals surface area contributed by atoms with Gasteiger partial charge in [0, 0.05) is 37.9 Å². The molecule has 0 bridgehead atoms. The van der Waals surface area contributed by atoms with E-state index < -0.39 is 0 Å². The number of hydrogen-bond acceptors (Lipinski definition) is 9. The first-order valence-corrected chi connectivity index (χ1v) is 15.5. The number of fused-ring (bicyclic) bond motifs is 1. The maximum atomic E-state index is 8.58. The van der Waals surface area contributed by atoms with E-state index in [1.165, 1.54) is 16.7 Å². The Bertz CT molecular complexity index is 1150. The molecule has 3 atom stereocenters. The number of hydroxylamine groups is 2. The monoisotopic (exact) mass is 609 g/mol. The van der Waals surface area contributed by atoms with E-state index >= 15 is 0 Å². The SMILES string of the molecule is C=O.CCCC(C)N1Cc2cc(OCCCCNC/C(C=Nc3ccc([C@@H]4CCOC4)cc3)=C/N)ccc2C(C)O1.NC=O. The summed E-state index contributed by atoms with van der Waals surface area (Å²) in [6.07, 6.45) is 9.18. The fourth-order valence-electron chi connectivity index (χ4n) is 5.20. The first kappa shape index (κ1) is 36.6. The van der Waals surface area contributed by atoms with Gasteiger partial charge in [-0.1, -0.05) is 31.5 Å². The minimum absolute atomic E-state index is 0.0726. The zero-order valence-electron chi connectivity index (χ0n) is 26.6. The van der Waals surface area contributed by atoms with Gasteiger partial charge in [-0.05, 0) is 98.8 Å². The van der Waals surface area contributed by atoms with E-state index in [-0.39, 0.29) is 12.5 Å². The van der Waals surface area contributed by atoms with Crippen LogP contribution in [-0.4, -0.2) is 63.4 Å². The highest BCUT2D eigenvalue weighted by atomic mass is 16.7. The van der Waals surface area contributed by atoms with Crippen LogP contribution in [0.4, 0.5) is 5.69 Å². The zero-order chi connectivity index (χ0) is 32.2. The first-order chi connectivity index (χ1) is 21.5. The lowest BCUT2D eigenvalue weighted by Crippen LogP contribution is -2.37. The lowest BCUT2D eigenvalue weighted by Gasteiger charge is -2.36. The number of benzene rings is 2. The number of hydrogen-bond donors (Lipinski definition) is 3. The highest BCUT2D eigenvalue weighted by Crippen LogP contribution is 2.33. The molecule has 242 valence electrons. The Morgan fingerprint density at radius 2 is 1.95 bits per heavy atom. The van der Waals surface area contributed by atoms with E-state index in [1.807, 2.05) is 13.0 Å². The third-order valence-corrected chi connectivity index (χ3v) is 7.60. The lowest BCUT2D eigenvalue weighted by atomic mass is 9.98. The van der Waals surface area contributed by atoms with Crippen molar-refractivity contribution in [1.82, 2.24) is 10.4 Å². The van der Waals surface area contributed by atoms with Crippen molar-refractivity contribution in [3.63, 3.8) is 0 Å². The molecular formula is C34H51N5O5. The average molecular weight is 610 g/mol. The highest BCUT2D eigenvalue weighted by Gasteiger charge is 2.26. The summed E-state index contributed by atoms with van der Waals surface area (Å²) in [4.78, 5) is 27.3. The third-order valence-electron chi connectivity index (χ3n) is 7.60. The number of unbranched alkanes of at least 4 members (excludes halogenated alkanes) is 1. The number of nitrogens with one attached hydrogen (secondary N) is 1. The second-order valence-electron chi connectivity index (χ2n) is 10.8. The molecule has 10 heteroatoms. The van der Waals surface area contributed by atoms with Crippen molar-refractivity contribution in [2.45, 2.75) is 77.5 Å². The fourth-order valence-corrected chi connectivity index (χ4v) is 5.20. The van der Waals surface area contributed by atoms with Crippen LogP contribution in [0, 0.1) is 0 Å². The van der Waals surface area contributed by atoms with Gasteiger partial charge in [0.05, 0.1) is 18.9 Å². The molecule has 44 heavy (non-hydrogen) atoms. The minimum atomic E-state index is 0.0726. The second-order valence-corrected chi connectivity index (χ2v) is 10.8. The fraction of sp³-hybridized carbons (Fsp3) is 0.500. The molecule has 0 aromatic heterocycles. The van der Waals surface area contributed by atoms with Crippen LogP contribution in [0.3, 0.4) is 0 Å². The molecule has 2 aliphatic heterocycles. The molecule has 5 N–H and O–H groups in total. The second kappa shape index (κ2) is 21.2. The van der Waals surface area contributed by atoms with E-state index in [0.29, 0.717) is 25.1 Å². The Hall–Kier alpha value is -3.57. The predicted octanol–water partition coefficient (Wildman–Crippen LogP) is 5.10. The van der Waals surface area contributed by atoms with Crippen LogP contribution in [0.25, 0.3) is 0 Å². The highest BCUT2D eigenvalue weighted by molar-refractivity contribution is 5.81. The number of amides is 1. The summed E-state index contributed by atoms with van der Waals surface area (Å²) in [7, 11) is 0. The summed E-state index contributed by atoms with van der Waals surface area (Å²) in [5.41, 5.74) is 15.8. The van der Waals surface area contributed by atoms with E-state index in [9.17, 15) is 0 Å². The normalized spacial score (nSPS) is 18.8. The largest absolute Gasteiger partial charge is 0.494 e. The quantitative estimate of drug-likeness (QED) is 0.153. The zero-order valence-corrected chi connectivity index (χ0v) is 26.6. The minimum Gasteiger partial charge on any atom is -0.494 e. The molecule has 0 spiro atoms. The van der Waals surface area contributed by atoms with Crippen LogP contribution in [0.5, 0.6) is 5.75 Å².